The molecule has 0 aliphatic carbocycles. The summed E-state index contributed by atoms with van der Waals surface area (Å²) in [7, 11) is 1.47. The fraction of sp³-hybridized carbons (Fsp3) is 0.143. The van der Waals surface area contributed by atoms with Crippen molar-refractivity contribution < 1.29 is 13.5 Å². The smallest absolute Gasteiger partial charge is 0.259 e. The SMILES string of the molecule is COc1ccc(Cl)cc1NS(=O)O. The Bertz CT molecular complexity index is 332. The van der Waals surface area contributed by atoms with Crippen LogP contribution in [0.5, 0.6) is 5.75 Å². The molecule has 1 unspecified atom stereocenters. The molecule has 0 fully saturated rings. The lowest BCUT2D eigenvalue weighted by Crippen LogP contribution is -2.03. The van der Waals surface area contributed by atoms with Gasteiger partial charge in [-0.1, -0.05) is 11.6 Å². The fourth-order valence-electron chi connectivity index (χ4n) is 0.854. The number of rotatable bonds is 3. The maximum Gasteiger partial charge on any atom is 0.259 e. The number of nitrogens with one attached hydrogen (secondary N) is 1. The molecule has 2 N–H and O–H groups in total. The first kappa shape index (κ1) is 10.3. The Kier molecular flexibility index (Phi) is 3.53. The van der Waals surface area contributed by atoms with Crippen LogP contribution in [0.15, 0.2) is 18.2 Å². The van der Waals surface area contributed by atoms with Gasteiger partial charge in [0.25, 0.3) is 11.3 Å². The number of halogens is 1. The molecule has 0 amide bonds. The second-order valence-electron chi connectivity index (χ2n) is 2.20. The van der Waals surface area contributed by atoms with Crippen LogP contribution in [0.1, 0.15) is 0 Å². The lowest BCUT2D eigenvalue weighted by Gasteiger charge is -2.07. The minimum absolute atomic E-state index is 0.385. The number of hydrogen-bond acceptors (Lipinski definition) is 2. The molecule has 0 aliphatic heterocycles. The third-order valence-corrected chi connectivity index (χ3v) is 1.99. The predicted octanol–water partition coefficient (Wildman–Crippen LogP) is 1.90. The molecule has 72 valence electrons. The Balaban J connectivity index is 3.01. The first-order valence-electron chi connectivity index (χ1n) is 3.34. The average molecular weight is 222 g/mol. The van der Waals surface area contributed by atoms with E-state index < -0.39 is 11.3 Å². The largest absolute Gasteiger partial charge is 0.495 e. The van der Waals surface area contributed by atoms with Gasteiger partial charge in [-0.05, 0) is 18.2 Å². The molecule has 4 nitrogen and oxygen atoms in total. The molecule has 13 heavy (non-hydrogen) atoms. The van der Waals surface area contributed by atoms with E-state index in [1.165, 1.54) is 13.2 Å². The fourth-order valence-corrected chi connectivity index (χ4v) is 1.37. The van der Waals surface area contributed by atoms with Crippen molar-refractivity contribution >= 4 is 28.6 Å². The first-order valence-corrected chi connectivity index (χ1v) is 4.83. The molecule has 0 spiro atoms. The van der Waals surface area contributed by atoms with Gasteiger partial charge < -0.3 is 4.74 Å². The van der Waals surface area contributed by atoms with Crippen LogP contribution >= 0.6 is 11.6 Å². The Hall–Kier alpha value is -0.780. The van der Waals surface area contributed by atoms with Gasteiger partial charge in [-0.25, -0.2) is 4.21 Å². The van der Waals surface area contributed by atoms with Crippen molar-refractivity contribution in [3.63, 3.8) is 0 Å². The molecule has 1 atom stereocenters. The molecule has 1 rings (SSSR count). The van der Waals surface area contributed by atoms with E-state index in [0.717, 1.165) is 0 Å². The van der Waals surface area contributed by atoms with Crippen molar-refractivity contribution in [2.75, 3.05) is 11.8 Å². The quantitative estimate of drug-likeness (QED) is 0.767. The van der Waals surface area contributed by atoms with E-state index in [1.54, 1.807) is 12.1 Å². The Morgan fingerprint density at radius 2 is 2.31 bits per heavy atom. The van der Waals surface area contributed by atoms with Gasteiger partial charge in [0.15, 0.2) is 0 Å². The summed E-state index contributed by atoms with van der Waals surface area (Å²) in [5.41, 5.74) is 0.385. The van der Waals surface area contributed by atoms with Crippen LogP contribution in [0, 0.1) is 0 Å². The van der Waals surface area contributed by atoms with Gasteiger partial charge in [0.05, 0.1) is 12.8 Å². The lowest BCUT2D eigenvalue weighted by atomic mass is 10.3. The standard InChI is InChI=1S/C7H8ClNO3S/c1-12-7-3-2-5(8)4-6(7)9-13(10)11/h2-4,9H,1H3,(H,10,11). The van der Waals surface area contributed by atoms with Crippen LogP contribution in [-0.2, 0) is 11.3 Å². The third-order valence-electron chi connectivity index (χ3n) is 1.36. The summed E-state index contributed by atoms with van der Waals surface area (Å²) >= 11 is 3.56. The predicted molar refractivity (Wildman–Crippen MR) is 52.4 cm³/mol. The molecule has 1 aromatic rings. The lowest BCUT2D eigenvalue weighted by molar-refractivity contribution is 0.417. The van der Waals surface area contributed by atoms with E-state index in [9.17, 15) is 4.21 Å². The Morgan fingerprint density at radius 1 is 1.62 bits per heavy atom. The Labute approximate surface area is 83.3 Å². The summed E-state index contributed by atoms with van der Waals surface area (Å²) in [6.45, 7) is 0. The van der Waals surface area contributed by atoms with Gasteiger partial charge in [0.1, 0.15) is 5.75 Å². The molecule has 0 saturated carbocycles. The molecule has 0 radical (unpaired) electrons. The zero-order valence-electron chi connectivity index (χ0n) is 6.78. The molecule has 0 aliphatic rings. The van der Waals surface area contributed by atoms with Crippen molar-refractivity contribution in [3.8, 4) is 5.75 Å². The molecule has 6 heteroatoms. The van der Waals surface area contributed by atoms with Crippen molar-refractivity contribution in [2.45, 2.75) is 0 Å². The highest BCUT2D eigenvalue weighted by Gasteiger charge is 2.04. The first-order chi connectivity index (χ1) is 6.13. The van der Waals surface area contributed by atoms with Crippen molar-refractivity contribution in [2.24, 2.45) is 0 Å². The minimum Gasteiger partial charge on any atom is -0.495 e. The van der Waals surface area contributed by atoms with Crippen LogP contribution in [0.3, 0.4) is 0 Å². The number of hydrogen-bond donors (Lipinski definition) is 2. The minimum atomic E-state index is -2.13. The zero-order valence-corrected chi connectivity index (χ0v) is 8.35. The summed E-state index contributed by atoms with van der Waals surface area (Å²) in [6, 6.07) is 4.75. The number of anilines is 1. The van der Waals surface area contributed by atoms with E-state index >= 15 is 0 Å². The van der Waals surface area contributed by atoms with E-state index in [2.05, 4.69) is 4.72 Å². The molecular formula is C7H8ClNO3S. The Morgan fingerprint density at radius 3 is 2.85 bits per heavy atom. The van der Waals surface area contributed by atoms with E-state index in [0.29, 0.717) is 16.5 Å². The zero-order chi connectivity index (χ0) is 9.84. The summed E-state index contributed by atoms with van der Waals surface area (Å²) in [5.74, 6) is 0.465. The van der Waals surface area contributed by atoms with Crippen molar-refractivity contribution in [1.82, 2.24) is 0 Å². The van der Waals surface area contributed by atoms with Crippen molar-refractivity contribution in [1.29, 1.82) is 0 Å². The topological polar surface area (TPSA) is 58.6 Å². The maximum absolute atomic E-state index is 10.4. The van der Waals surface area contributed by atoms with Gasteiger partial charge in [-0.2, -0.15) is 0 Å². The molecule has 1 aromatic carbocycles. The third kappa shape index (κ3) is 2.87. The monoisotopic (exact) mass is 221 g/mol. The number of methoxy groups -OCH3 is 1. The second kappa shape index (κ2) is 4.45. The summed E-state index contributed by atoms with van der Waals surface area (Å²) in [4.78, 5) is 0. The molecule has 0 aromatic heterocycles. The number of ether oxygens (including phenoxy) is 1. The summed E-state index contributed by atoms with van der Waals surface area (Å²) in [6.07, 6.45) is 0. The van der Waals surface area contributed by atoms with Gasteiger partial charge in [0, 0.05) is 5.02 Å². The highest BCUT2D eigenvalue weighted by Crippen LogP contribution is 2.27. The van der Waals surface area contributed by atoms with E-state index in [1.807, 2.05) is 0 Å². The van der Waals surface area contributed by atoms with Crippen LogP contribution in [0.2, 0.25) is 5.02 Å². The van der Waals surface area contributed by atoms with Crippen LogP contribution in [0.25, 0.3) is 0 Å². The van der Waals surface area contributed by atoms with Gasteiger partial charge in [-0.3, -0.25) is 9.27 Å². The summed E-state index contributed by atoms with van der Waals surface area (Å²) in [5, 5.41) is 0.466. The van der Waals surface area contributed by atoms with E-state index in [-0.39, 0.29) is 0 Å². The summed E-state index contributed by atoms with van der Waals surface area (Å²) < 4.78 is 26.2. The molecule has 0 heterocycles. The van der Waals surface area contributed by atoms with Crippen LogP contribution in [0.4, 0.5) is 5.69 Å². The number of benzene rings is 1. The van der Waals surface area contributed by atoms with Gasteiger partial charge >= 0.3 is 0 Å². The van der Waals surface area contributed by atoms with Gasteiger partial charge in [-0.15, -0.1) is 0 Å². The van der Waals surface area contributed by atoms with Gasteiger partial charge in [0.2, 0.25) is 0 Å². The maximum atomic E-state index is 10.4. The normalized spacial score (nSPS) is 12.2. The average Bonchev–Trinajstić information content (AvgIpc) is 2.03. The molecule has 0 bridgehead atoms. The second-order valence-corrected chi connectivity index (χ2v) is 3.33. The van der Waals surface area contributed by atoms with Crippen LogP contribution < -0.4 is 9.46 Å². The van der Waals surface area contributed by atoms with Crippen molar-refractivity contribution in [3.05, 3.63) is 23.2 Å². The molecule has 0 saturated heterocycles. The molecular weight excluding hydrogens is 214 g/mol. The highest BCUT2D eigenvalue weighted by molar-refractivity contribution is 7.80. The van der Waals surface area contributed by atoms with Crippen LogP contribution in [-0.4, -0.2) is 15.9 Å². The highest BCUT2D eigenvalue weighted by atomic mass is 35.5. The van der Waals surface area contributed by atoms with E-state index in [4.69, 9.17) is 20.9 Å².